The SMILES string of the molecule is COc1ccc(C2O[C@@H](C(=O)O)[C@H](c3ccccn3)N2C(=O)OC(C)(C)C)cc1. The van der Waals surface area contributed by atoms with Gasteiger partial charge in [-0.05, 0) is 45.0 Å². The van der Waals surface area contributed by atoms with Crippen molar-refractivity contribution in [2.75, 3.05) is 7.11 Å². The lowest BCUT2D eigenvalue weighted by Crippen LogP contribution is -2.40. The van der Waals surface area contributed by atoms with Gasteiger partial charge in [0.15, 0.2) is 12.3 Å². The maximum absolute atomic E-state index is 13.1. The van der Waals surface area contributed by atoms with Crippen molar-refractivity contribution in [2.24, 2.45) is 0 Å². The fourth-order valence-electron chi connectivity index (χ4n) is 3.14. The van der Waals surface area contributed by atoms with Crippen LogP contribution >= 0.6 is 0 Å². The predicted octanol–water partition coefficient (Wildman–Crippen LogP) is 3.55. The van der Waals surface area contributed by atoms with E-state index < -0.39 is 36.0 Å². The average Bonchev–Trinajstić information content (AvgIpc) is 3.08. The molecule has 8 heteroatoms. The third-order valence-electron chi connectivity index (χ3n) is 4.35. The molecular weight excluding hydrogens is 376 g/mol. The Labute approximate surface area is 169 Å². The number of methoxy groups -OCH3 is 1. The van der Waals surface area contributed by atoms with E-state index in [2.05, 4.69) is 4.98 Å². The van der Waals surface area contributed by atoms with Crippen molar-refractivity contribution >= 4 is 12.1 Å². The Morgan fingerprint density at radius 1 is 1.14 bits per heavy atom. The number of ether oxygens (including phenoxy) is 3. The van der Waals surface area contributed by atoms with Crippen LogP contribution in [-0.2, 0) is 14.3 Å². The average molecular weight is 400 g/mol. The number of aromatic nitrogens is 1. The highest BCUT2D eigenvalue weighted by Gasteiger charge is 2.51. The molecule has 0 spiro atoms. The molecule has 1 aliphatic heterocycles. The van der Waals surface area contributed by atoms with Crippen LogP contribution in [0.25, 0.3) is 0 Å². The number of carboxylic acid groups (broad SMARTS) is 1. The molecule has 8 nitrogen and oxygen atoms in total. The number of carboxylic acids is 1. The van der Waals surface area contributed by atoms with Crippen LogP contribution in [0.15, 0.2) is 48.7 Å². The maximum Gasteiger partial charge on any atom is 0.413 e. The van der Waals surface area contributed by atoms with Gasteiger partial charge < -0.3 is 19.3 Å². The fraction of sp³-hybridized carbons (Fsp3) is 0.381. The van der Waals surface area contributed by atoms with Crippen molar-refractivity contribution in [3.8, 4) is 5.75 Å². The lowest BCUT2D eigenvalue weighted by molar-refractivity contribution is -0.150. The first-order valence-corrected chi connectivity index (χ1v) is 9.16. The number of rotatable bonds is 4. The van der Waals surface area contributed by atoms with E-state index in [1.54, 1.807) is 76.5 Å². The molecule has 1 aromatic carbocycles. The standard InChI is InChI=1S/C21H24N2O6/c1-21(2,3)29-20(26)23-16(15-7-5-6-12-22-15)17(19(24)25)28-18(23)13-8-10-14(27-4)11-9-13/h5-12,16-18H,1-4H3,(H,24,25)/t16-,17+,18?/m0/s1. The Bertz CT molecular complexity index is 863. The van der Waals surface area contributed by atoms with E-state index in [1.807, 2.05) is 0 Å². The normalized spacial score (nSPS) is 21.7. The summed E-state index contributed by atoms with van der Waals surface area (Å²) < 4.78 is 16.6. The summed E-state index contributed by atoms with van der Waals surface area (Å²) in [6.07, 6.45) is -1.39. The number of pyridine rings is 1. The summed E-state index contributed by atoms with van der Waals surface area (Å²) in [6, 6.07) is 11.0. The summed E-state index contributed by atoms with van der Waals surface area (Å²) in [5.74, 6) is -0.558. The molecule has 1 aliphatic rings. The molecule has 2 heterocycles. The number of benzene rings is 1. The number of nitrogens with zero attached hydrogens (tertiary/aromatic N) is 2. The first-order valence-electron chi connectivity index (χ1n) is 9.16. The quantitative estimate of drug-likeness (QED) is 0.838. The van der Waals surface area contributed by atoms with Gasteiger partial charge in [0.1, 0.15) is 17.4 Å². The highest BCUT2D eigenvalue weighted by atomic mass is 16.6. The monoisotopic (exact) mass is 400 g/mol. The molecule has 154 valence electrons. The number of aliphatic carboxylic acids is 1. The van der Waals surface area contributed by atoms with Crippen molar-refractivity contribution in [2.45, 2.75) is 44.7 Å². The molecule has 1 fully saturated rings. The van der Waals surface area contributed by atoms with Crippen LogP contribution in [0, 0.1) is 0 Å². The topological polar surface area (TPSA) is 98.2 Å². The second-order valence-electron chi connectivity index (χ2n) is 7.61. The summed E-state index contributed by atoms with van der Waals surface area (Å²) >= 11 is 0. The lowest BCUT2D eigenvalue weighted by atomic mass is 10.1. The van der Waals surface area contributed by atoms with Crippen LogP contribution in [0.3, 0.4) is 0 Å². The number of carbonyl (C=O) groups excluding carboxylic acids is 1. The third kappa shape index (κ3) is 4.48. The maximum atomic E-state index is 13.1. The fourth-order valence-corrected chi connectivity index (χ4v) is 3.14. The van der Waals surface area contributed by atoms with Gasteiger partial charge in [-0.15, -0.1) is 0 Å². The minimum absolute atomic E-state index is 0.404. The molecule has 0 saturated carbocycles. The van der Waals surface area contributed by atoms with Gasteiger partial charge >= 0.3 is 12.1 Å². The molecule has 2 aromatic rings. The first kappa shape index (κ1) is 20.6. The molecule has 0 bridgehead atoms. The van der Waals surface area contributed by atoms with E-state index in [4.69, 9.17) is 14.2 Å². The third-order valence-corrected chi connectivity index (χ3v) is 4.35. The van der Waals surface area contributed by atoms with E-state index in [1.165, 1.54) is 4.90 Å². The minimum atomic E-state index is -1.30. The van der Waals surface area contributed by atoms with Gasteiger partial charge in [-0.2, -0.15) is 0 Å². The Morgan fingerprint density at radius 3 is 2.34 bits per heavy atom. The van der Waals surface area contributed by atoms with Gasteiger partial charge in [-0.1, -0.05) is 18.2 Å². The molecular formula is C21H24N2O6. The second kappa shape index (κ2) is 8.08. The van der Waals surface area contributed by atoms with Crippen molar-refractivity contribution < 1.29 is 28.9 Å². The summed E-state index contributed by atoms with van der Waals surface area (Å²) in [4.78, 5) is 30.6. The zero-order valence-electron chi connectivity index (χ0n) is 16.7. The predicted molar refractivity (Wildman–Crippen MR) is 103 cm³/mol. The Morgan fingerprint density at radius 2 is 1.83 bits per heavy atom. The Hall–Kier alpha value is -3.13. The molecule has 0 aliphatic carbocycles. The van der Waals surface area contributed by atoms with Crippen LogP contribution < -0.4 is 4.74 Å². The highest BCUT2D eigenvalue weighted by molar-refractivity contribution is 5.77. The van der Waals surface area contributed by atoms with E-state index >= 15 is 0 Å². The van der Waals surface area contributed by atoms with Crippen LogP contribution in [0.1, 0.15) is 44.3 Å². The van der Waals surface area contributed by atoms with Crippen molar-refractivity contribution in [3.05, 3.63) is 59.9 Å². The van der Waals surface area contributed by atoms with Gasteiger partial charge in [0.2, 0.25) is 0 Å². The van der Waals surface area contributed by atoms with Crippen LogP contribution in [0.5, 0.6) is 5.75 Å². The Balaban J connectivity index is 2.07. The molecule has 3 atom stereocenters. The van der Waals surface area contributed by atoms with Crippen LogP contribution in [-0.4, -0.2) is 45.9 Å². The molecule has 29 heavy (non-hydrogen) atoms. The molecule has 3 rings (SSSR count). The smallest absolute Gasteiger partial charge is 0.413 e. The number of hydrogen-bond acceptors (Lipinski definition) is 6. The lowest BCUT2D eigenvalue weighted by Gasteiger charge is -2.31. The van der Waals surface area contributed by atoms with E-state index in [0.29, 0.717) is 17.0 Å². The van der Waals surface area contributed by atoms with E-state index in [9.17, 15) is 14.7 Å². The molecule has 1 amide bonds. The van der Waals surface area contributed by atoms with E-state index in [0.717, 1.165) is 0 Å². The van der Waals surface area contributed by atoms with Crippen LogP contribution in [0.2, 0.25) is 0 Å². The number of carbonyl (C=O) groups is 2. The number of amides is 1. The second-order valence-corrected chi connectivity index (χ2v) is 7.61. The molecule has 1 aromatic heterocycles. The zero-order chi connectivity index (χ0) is 21.2. The largest absolute Gasteiger partial charge is 0.497 e. The zero-order valence-corrected chi connectivity index (χ0v) is 16.7. The van der Waals surface area contributed by atoms with Gasteiger partial charge in [-0.3, -0.25) is 9.88 Å². The summed E-state index contributed by atoms with van der Waals surface area (Å²) in [5, 5.41) is 9.77. The minimum Gasteiger partial charge on any atom is -0.497 e. The van der Waals surface area contributed by atoms with Gasteiger partial charge in [-0.25, -0.2) is 9.59 Å². The van der Waals surface area contributed by atoms with Gasteiger partial charge in [0, 0.05) is 11.8 Å². The molecule has 1 N–H and O–H groups in total. The summed E-state index contributed by atoms with van der Waals surface area (Å²) in [7, 11) is 1.55. The number of hydrogen-bond donors (Lipinski definition) is 1. The summed E-state index contributed by atoms with van der Waals surface area (Å²) in [5.41, 5.74) is 0.237. The van der Waals surface area contributed by atoms with Gasteiger partial charge in [0.05, 0.1) is 12.8 Å². The van der Waals surface area contributed by atoms with Crippen molar-refractivity contribution in [3.63, 3.8) is 0 Å². The van der Waals surface area contributed by atoms with Gasteiger partial charge in [0.25, 0.3) is 0 Å². The van der Waals surface area contributed by atoms with E-state index in [-0.39, 0.29) is 0 Å². The Kier molecular flexibility index (Phi) is 5.74. The van der Waals surface area contributed by atoms with Crippen LogP contribution in [0.4, 0.5) is 4.79 Å². The summed E-state index contributed by atoms with van der Waals surface area (Å²) in [6.45, 7) is 5.23. The molecule has 1 unspecified atom stereocenters. The first-order chi connectivity index (χ1) is 13.7. The molecule has 0 radical (unpaired) electrons. The highest BCUT2D eigenvalue weighted by Crippen LogP contribution is 2.43. The van der Waals surface area contributed by atoms with Crippen molar-refractivity contribution in [1.29, 1.82) is 0 Å². The van der Waals surface area contributed by atoms with Crippen molar-refractivity contribution in [1.82, 2.24) is 9.88 Å². The molecule has 1 saturated heterocycles.